The zero-order chi connectivity index (χ0) is 17.4. The van der Waals surface area contributed by atoms with Gasteiger partial charge in [0.05, 0.1) is 5.52 Å². The molecule has 0 saturated carbocycles. The Morgan fingerprint density at radius 1 is 1.20 bits per heavy atom. The molecule has 2 aromatic rings. The van der Waals surface area contributed by atoms with Crippen LogP contribution >= 0.6 is 0 Å². The van der Waals surface area contributed by atoms with Gasteiger partial charge in [0.25, 0.3) is 5.91 Å². The molecule has 6 heteroatoms. The van der Waals surface area contributed by atoms with Gasteiger partial charge in [0.2, 0.25) is 5.43 Å². The molecule has 0 unspecified atom stereocenters. The predicted molar refractivity (Wildman–Crippen MR) is 96.7 cm³/mol. The molecule has 2 aliphatic rings. The Kier molecular flexibility index (Phi) is 4.07. The molecule has 1 N–H and O–H groups in total. The van der Waals surface area contributed by atoms with Crippen LogP contribution in [0, 0.1) is 5.41 Å². The average molecular weight is 340 g/mol. The number of hydrogen-bond donors (Lipinski definition) is 1. The van der Waals surface area contributed by atoms with Gasteiger partial charge in [0.15, 0.2) is 5.69 Å². The van der Waals surface area contributed by atoms with E-state index in [4.69, 9.17) is 0 Å². The van der Waals surface area contributed by atoms with E-state index < -0.39 is 0 Å². The number of hydrogen-bond acceptors (Lipinski definition) is 4. The lowest BCUT2D eigenvalue weighted by Crippen LogP contribution is -2.51. The molecule has 0 bridgehead atoms. The quantitative estimate of drug-likeness (QED) is 0.855. The highest BCUT2D eigenvalue weighted by atomic mass is 16.2. The number of aromatic nitrogens is 2. The summed E-state index contributed by atoms with van der Waals surface area (Å²) in [6, 6.07) is 7.31. The van der Waals surface area contributed by atoms with Crippen LogP contribution in [0.5, 0.6) is 0 Å². The van der Waals surface area contributed by atoms with Crippen molar-refractivity contribution in [3.05, 3.63) is 40.2 Å². The van der Waals surface area contributed by atoms with Gasteiger partial charge in [-0.15, -0.1) is 0 Å². The van der Waals surface area contributed by atoms with Gasteiger partial charge < -0.3 is 10.2 Å². The molecule has 1 aromatic heterocycles. The summed E-state index contributed by atoms with van der Waals surface area (Å²) in [6.07, 6.45) is 4.36. The molecular formula is C19H24N4O2. The second kappa shape index (κ2) is 6.26. The Bertz CT molecular complexity index is 862. The molecule has 132 valence electrons. The molecule has 2 saturated heterocycles. The van der Waals surface area contributed by atoms with Crippen molar-refractivity contribution < 1.29 is 4.79 Å². The van der Waals surface area contributed by atoms with E-state index in [-0.39, 0.29) is 22.4 Å². The van der Waals surface area contributed by atoms with Gasteiger partial charge in [0.1, 0.15) is 0 Å². The molecule has 6 nitrogen and oxygen atoms in total. The summed E-state index contributed by atoms with van der Waals surface area (Å²) in [5.74, 6) is -0.219. The van der Waals surface area contributed by atoms with Gasteiger partial charge >= 0.3 is 0 Å². The van der Waals surface area contributed by atoms with E-state index in [9.17, 15) is 9.59 Å². The number of carbonyl (C=O) groups excluding carboxylic acids is 1. The van der Waals surface area contributed by atoms with Crippen molar-refractivity contribution in [3.63, 3.8) is 0 Å². The summed E-state index contributed by atoms with van der Waals surface area (Å²) >= 11 is 0. The topological polar surface area (TPSA) is 67.2 Å². The normalized spacial score (nSPS) is 20.1. The molecule has 1 amide bonds. The molecule has 4 rings (SSSR count). The van der Waals surface area contributed by atoms with Crippen molar-refractivity contribution in [2.45, 2.75) is 25.7 Å². The largest absolute Gasteiger partial charge is 0.337 e. The minimum atomic E-state index is -0.261. The second-order valence-electron chi connectivity index (χ2n) is 7.40. The number of nitrogens with zero attached hydrogens (tertiary/aromatic N) is 3. The highest BCUT2D eigenvalue weighted by Gasteiger charge is 2.38. The van der Waals surface area contributed by atoms with Gasteiger partial charge in [0, 0.05) is 25.5 Å². The minimum Gasteiger partial charge on any atom is -0.337 e. The Morgan fingerprint density at radius 3 is 2.76 bits per heavy atom. The summed E-state index contributed by atoms with van der Waals surface area (Å²) in [5.41, 5.74) is 0.745. The maximum atomic E-state index is 13.1. The number of carbonyl (C=O) groups is 1. The van der Waals surface area contributed by atoms with E-state index in [0.29, 0.717) is 11.9 Å². The predicted octanol–water partition coefficient (Wildman–Crippen LogP) is 1.54. The number of benzene rings is 1. The van der Waals surface area contributed by atoms with E-state index in [1.807, 2.05) is 23.1 Å². The second-order valence-corrected chi connectivity index (χ2v) is 7.40. The minimum absolute atomic E-state index is 0.0483. The lowest BCUT2D eigenvalue weighted by atomic mass is 9.73. The van der Waals surface area contributed by atoms with Crippen LogP contribution in [0.3, 0.4) is 0 Å². The Labute approximate surface area is 146 Å². The molecule has 25 heavy (non-hydrogen) atoms. The molecule has 2 fully saturated rings. The number of fused-ring (bicyclic) bond motifs is 1. The Balaban J connectivity index is 1.68. The van der Waals surface area contributed by atoms with Gasteiger partial charge in [-0.2, -0.15) is 5.10 Å². The zero-order valence-corrected chi connectivity index (χ0v) is 14.6. The summed E-state index contributed by atoms with van der Waals surface area (Å²) in [7, 11) is 1.78. The number of nitrogens with one attached hydrogen (secondary N) is 1. The van der Waals surface area contributed by atoms with Crippen molar-refractivity contribution in [1.29, 1.82) is 0 Å². The first-order valence-corrected chi connectivity index (χ1v) is 9.06. The molecule has 3 heterocycles. The fraction of sp³-hybridized carbons (Fsp3) is 0.526. The van der Waals surface area contributed by atoms with E-state index in [1.54, 1.807) is 17.8 Å². The lowest BCUT2D eigenvalue weighted by molar-refractivity contribution is 0.0403. The third-order valence-corrected chi connectivity index (χ3v) is 5.78. The van der Waals surface area contributed by atoms with Gasteiger partial charge in [-0.05, 0) is 56.3 Å². The summed E-state index contributed by atoms with van der Waals surface area (Å²) in [5, 5.41) is 8.26. The maximum Gasteiger partial charge on any atom is 0.278 e. The lowest BCUT2D eigenvalue weighted by Gasteiger charge is -2.45. The summed E-state index contributed by atoms with van der Waals surface area (Å²) < 4.78 is 1.63. The smallest absolute Gasteiger partial charge is 0.278 e. The van der Waals surface area contributed by atoms with Crippen molar-refractivity contribution in [2.75, 3.05) is 26.2 Å². The van der Waals surface area contributed by atoms with Crippen molar-refractivity contribution in [1.82, 2.24) is 20.0 Å². The van der Waals surface area contributed by atoms with E-state index in [2.05, 4.69) is 10.4 Å². The Hall–Kier alpha value is -2.21. The third kappa shape index (κ3) is 2.84. The van der Waals surface area contributed by atoms with Crippen LogP contribution in [0.15, 0.2) is 29.1 Å². The van der Waals surface area contributed by atoms with E-state index in [1.165, 1.54) is 6.42 Å². The SMILES string of the molecule is Cn1nc(C(=O)N2CCCC3(CCNCC3)C2)c(=O)c2ccccc21. The van der Waals surface area contributed by atoms with Crippen molar-refractivity contribution >= 4 is 16.8 Å². The standard InChI is InChI=1S/C19H24N4O2/c1-22-15-6-3-2-5-14(15)17(24)16(21-22)18(25)23-12-4-7-19(13-23)8-10-20-11-9-19/h2-3,5-6,20H,4,7-13H2,1H3. The highest BCUT2D eigenvalue weighted by molar-refractivity contribution is 5.95. The van der Waals surface area contributed by atoms with Crippen LogP contribution < -0.4 is 10.7 Å². The highest BCUT2D eigenvalue weighted by Crippen LogP contribution is 2.38. The molecule has 0 aliphatic carbocycles. The molecule has 0 radical (unpaired) electrons. The van der Waals surface area contributed by atoms with Crippen LogP contribution in [-0.4, -0.2) is 46.8 Å². The number of para-hydroxylation sites is 1. The number of likely N-dealkylation sites (tertiary alicyclic amines) is 1. The fourth-order valence-corrected chi connectivity index (χ4v) is 4.36. The first-order chi connectivity index (χ1) is 12.1. The van der Waals surface area contributed by atoms with E-state index >= 15 is 0 Å². The van der Waals surface area contributed by atoms with E-state index in [0.717, 1.165) is 44.4 Å². The number of rotatable bonds is 1. The van der Waals surface area contributed by atoms with Gasteiger partial charge in [-0.3, -0.25) is 14.3 Å². The van der Waals surface area contributed by atoms with Crippen molar-refractivity contribution in [3.8, 4) is 0 Å². The van der Waals surface area contributed by atoms with Crippen LogP contribution in [0.4, 0.5) is 0 Å². The molecule has 1 aromatic carbocycles. The van der Waals surface area contributed by atoms with Gasteiger partial charge in [-0.1, -0.05) is 12.1 Å². The average Bonchev–Trinajstić information content (AvgIpc) is 2.65. The monoisotopic (exact) mass is 340 g/mol. The summed E-state index contributed by atoms with van der Waals surface area (Å²) in [4.78, 5) is 27.7. The number of piperidine rings is 2. The van der Waals surface area contributed by atoms with Crippen molar-refractivity contribution in [2.24, 2.45) is 12.5 Å². The summed E-state index contributed by atoms with van der Waals surface area (Å²) in [6.45, 7) is 3.48. The first-order valence-electron chi connectivity index (χ1n) is 9.06. The van der Waals surface area contributed by atoms with Crippen LogP contribution in [0.1, 0.15) is 36.2 Å². The fourth-order valence-electron chi connectivity index (χ4n) is 4.36. The number of aryl methyl sites for hydroxylation is 1. The van der Waals surface area contributed by atoms with Crippen LogP contribution in [-0.2, 0) is 7.05 Å². The molecule has 2 aliphatic heterocycles. The third-order valence-electron chi connectivity index (χ3n) is 5.78. The van der Waals surface area contributed by atoms with Crippen LogP contribution in [0.25, 0.3) is 10.9 Å². The van der Waals surface area contributed by atoms with Crippen LogP contribution in [0.2, 0.25) is 0 Å². The molecule has 1 spiro atoms. The zero-order valence-electron chi connectivity index (χ0n) is 14.6. The number of amides is 1. The Morgan fingerprint density at radius 2 is 1.96 bits per heavy atom. The van der Waals surface area contributed by atoms with Gasteiger partial charge in [-0.25, -0.2) is 0 Å². The molecular weight excluding hydrogens is 316 g/mol. The first kappa shape index (κ1) is 16.3. The maximum absolute atomic E-state index is 13.1. The molecule has 0 atom stereocenters.